The summed E-state index contributed by atoms with van der Waals surface area (Å²) in [5.74, 6) is 2.23. The molecule has 0 spiro atoms. The van der Waals surface area contributed by atoms with Crippen molar-refractivity contribution >= 4 is 17.4 Å². The lowest BCUT2D eigenvalue weighted by molar-refractivity contribution is -0.385. The fraction of sp³-hybridized carbons (Fsp3) is 0.571. The van der Waals surface area contributed by atoms with Gasteiger partial charge in [0.05, 0.1) is 11.5 Å². The predicted octanol–water partition coefficient (Wildman–Crippen LogP) is 2.98. The lowest BCUT2D eigenvalue weighted by Gasteiger charge is -2.08. The monoisotopic (exact) mass is 296 g/mol. The number of nitrogens with one attached hydrogen (secondary N) is 1. The molecule has 0 radical (unpaired) electrons. The van der Waals surface area contributed by atoms with Crippen LogP contribution in [0.1, 0.15) is 25.3 Å². The van der Waals surface area contributed by atoms with E-state index in [9.17, 15) is 10.1 Å². The first-order chi connectivity index (χ1) is 9.70. The van der Waals surface area contributed by atoms with Gasteiger partial charge in [-0.05, 0) is 30.2 Å². The quantitative estimate of drug-likeness (QED) is 0.431. The molecule has 1 aliphatic rings. The Kier molecular flexibility index (Phi) is 5.67. The molecule has 0 unspecified atom stereocenters. The van der Waals surface area contributed by atoms with Crippen LogP contribution in [0.3, 0.4) is 0 Å². The third kappa shape index (κ3) is 4.68. The third-order valence-corrected chi connectivity index (χ3v) is 3.95. The molecule has 1 aliphatic carbocycles. The van der Waals surface area contributed by atoms with Crippen molar-refractivity contribution < 1.29 is 9.66 Å². The maximum absolute atomic E-state index is 11.1. The Labute approximate surface area is 123 Å². The maximum Gasteiger partial charge on any atom is 0.311 e. The van der Waals surface area contributed by atoms with Gasteiger partial charge in [0.15, 0.2) is 5.75 Å². The molecular weight excluding hydrogens is 276 g/mol. The second-order valence-electron chi connectivity index (χ2n) is 4.76. The van der Waals surface area contributed by atoms with E-state index in [0.717, 1.165) is 17.1 Å². The van der Waals surface area contributed by atoms with Crippen molar-refractivity contribution in [1.29, 1.82) is 0 Å². The van der Waals surface area contributed by atoms with Crippen molar-refractivity contribution in [2.24, 2.45) is 0 Å². The topological polar surface area (TPSA) is 64.4 Å². The second kappa shape index (κ2) is 7.50. The van der Waals surface area contributed by atoms with Gasteiger partial charge < -0.3 is 10.1 Å². The summed E-state index contributed by atoms with van der Waals surface area (Å²) in [5.41, 5.74) is 0.987. The van der Waals surface area contributed by atoms with Crippen molar-refractivity contribution in [2.75, 3.05) is 18.1 Å². The van der Waals surface area contributed by atoms with E-state index in [2.05, 4.69) is 12.2 Å². The first kappa shape index (κ1) is 15.1. The Morgan fingerprint density at radius 3 is 2.95 bits per heavy atom. The molecule has 2 rings (SSSR count). The number of hydrogen-bond acceptors (Lipinski definition) is 5. The van der Waals surface area contributed by atoms with Crippen LogP contribution in [0, 0.1) is 10.1 Å². The molecule has 5 nitrogen and oxygen atoms in total. The van der Waals surface area contributed by atoms with E-state index in [1.54, 1.807) is 23.9 Å². The van der Waals surface area contributed by atoms with Gasteiger partial charge in [-0.1, -0.05) is 13.0 Å². The van der Waals surface area contributed by atoms with Gasteiger partial charge in [-0.2, -0.15) is 11.8 Å². The Morgan fingerprint density at radius 1 is 1.50 bits per heavy atom. The van der Waals surface area contributed by atoms with Gasteiger partial charge in [0.25, 0.3) is 0 Å². The molecule has 0 heterocycles. The largest absolute Gasteiger partial charge is 0.486 e. The molecule has 1 aromatic rings. The van der Waals surface area contributed by atoms with Crippen LogP contribution in [0.5, 0.6) is 5.75 Å². The molecule has 0 aliphatic heterocycles. The zero-order valence-corrected chi connectivity index (χ0v) is 12.4. The van der Waals surface area contributed by atoms with E-state index in [1.165, 1.54) is 12.8 Å². The summed E-state index contributed by atoms with van der Waals surface area (Å²) in [6, 6.07) is 5.80. The van der Waals surface area contributed by atoms with E-state index < -0.39 is 0 Å². The molecule has 0 amide bonds. The molecule has 1 saturated carbocycles. The number of nitro groups is 1. The first-order valence-electron chi connectivity index (χ1n) is 6.92. The van der Waals surface area contributed by atoms with Gasteiger partial charge in [-0.25, -0.2) is 0 Å². The predicted molar refractivity (Wildman–Crippen MR) is 81.5 cm³/mol. The Morgan fingerprint density at radius 2 is 2.30 bits per heavy atom. The molecule has 1 aromatic carbocycles. The first-order valence-corrected chi connectivity index (χ1v) is 8.07. The summed E-state index contributed by atoms with van der Waals surface area (Å²) in [7, 11) is 0. The number of rotatable bonds is 9. The van der Waals surface area contributed by atoms with E-state index in [1.807, 2.05) is 6.07 Å². The Balaban J connectivity index is 1.96. The zero-order chi connectivity index (χ0) is 14.4. The van der Waals surface area contributed by atoms with E-state index >= 15 is 0 Å². The highest BCUT2D eigenvalue weighted by atomic mass is 32.2. The Hall–Kier alpha value is -1.27. The average molecular weight is 296 g/mol. The van der Waals surface area contributed by atoms with Gasteiger partial charge in [0, 0.05) is 24.4 Å². The molecular formula is C14H20N2O3S. The van der Waals surface area contributed by atoms with Crippen molar-refractivity contribution in [3.05, 3.63) is 33.9 Å². The van der Waals surface area contributed by atoms with Crippen molar-refractivity contribution in [3.63, 3.8) is 0 Å². The lowest BCUT2D eigenvalue weighted by Crippen LogP contribution is -2.15. The van der Waals surface area contributed by atoms with Crippen LogP contribution < -0.4 is 10.1 Å². The van der Waals surface area contributed by atoms with E-state index in [4.69, 9.17) is 4.74 Å². The number of thioether (sulfide) groups is 1. The van der Waals surface area contributed by atoms with Crippen molar-refractivity contribution in [3.8, 4) is 5.75 Å². The number of benzene rings is 1. The fourth-order valence-corrected chi connectivity index (χ4v) is 2.33. The second-order valence-corrected chi connectivity index (χ2v) is 6.15. The SMILES string of the molecule is CCSCCOc1ccc(CNC2CC2)cc1[N+](=O)[O-]. The average Bonchev–Trinajstić information content (AvgIpc) is 3.26. The van der Waals surface area contributed by atoms with Gasteiger partial charge in [0.1, 0.15) is 0 Å². The van der Waals surface area contributed by atoms with Gasteiger partial charge >= 0.3 is 5.69 Å². The summed E-state index contributed by atoms with van der Waals surface area (Å²) in [6.07, 6.45) is 2.41. The van der Waals surface area contributed by atoms with Crippen LogP contribution in [0.25, 0.3) is 0 Å². The highest BCUT2D eigenvalue weighted by Crippen LogP contribution is 2.28. The molecule has 110 valence electrons. The minimum absolute atomic E-state index is 0.0570. The summed E-state index contributed by atoms with van der Waals surface area (Å²) in [6.45, 7) is 3.26. The van der Waals surface area contributed by atoms with E-state index in [0.29, 0.717) is 24.9 Å². The van der Waals surface area contributed by atoms with Gasteiger partial charge in [0.2, 0.25) is 0 Å². The molecule has 0 aromatic heterocycles. The third-order valence-electron chi connectivity index (χ3n) is 3.08. The number of nitrogens with zero attached hydrogens (tertiary/aromatic N) is 1. The van der Waals surface area contributed by atoms with Crippen LogP contribution in [-0.4, -0.2) is 29.1 Å². The van der Waals surface area contributed by atoms with Crippen LogP contribution >= 0.6 is 11.8 Å². The van der Waals surface area contributed by atoms with Crippen LogP contribution in [0.2, 0.25) is 0 Å². The van der Waals surface area contributed by atoms with Crippen molar-refractivity contribution in [1.82, 2.24) is 5.32 Å². The molecule has 0 bridgehead atoms. The van der Waals surface area contributed by atoms with Gasteiger partial charge in [-0.15, -0.1) is 0 Å². The van der Waals surface area contributed by atoms with Crippen LogP contribution in [0.15, 0.2) is 18.2 Å². The zero-order valence-electron chi connectivity index (χ0n) is 11.6. The van der Waals surface area contributed by atoms with Crippen LogP contribution in [0.4, 0.5) is 5.69 Å². The molecule has 0 saturated heterocycles. The standard InChI is InChI=1S/C14H20N2O3S/c1-2-20-8-7-19-14-6-3-11(9-13(14)16(17)18)10-15-12-4-5-12/h3,6,9,12,15H,2,4-5,7-8,10H2,1H3. The van der Waals surface area contributed by atoms with Crippen LogP contribution in [-0.2, 0) is 6.54 Å². The minimum atomic E-state index is -0.372. The maximum atomic E-state index is 11.1. The smallest absolute Gasteiger partial charge is 0.311 e. The van der Waals surface area contributed by atoms with Crippen molar-refractivity contribution in [2.45, 2.75) is 32.4 Å². The molecule has 1 fully saturated rings. The lowest BCUT2D eigenvalue weighted by atomic mass is 10.2. The minimum Gasteiger partial charge on any atom is -0.486 e. The number of ether oxygens (including phenoxy) is 1. The summed E-state index contributed by atoms with van der Waals surface area (Å²) < 4.78 is 5.51. The van der Waals surface area contributed by atoms with Gasteiger partial charge in [-0.3, -0.25) is 10.1 Å². The summed E-state index contributed by atoms with van der Waals surface area (Å²) in [5, 5.41) is 14.5. The fourth-order valence-electron chi connectivity index (χ4n) is 1.84. The normalized spacial score (nSPS) is 14.2. The summed E-state index contributed by atoms with van der Waals surface area (Å²) >= 11 is 1.76. The molecule has 6 heteroatoms. The Bertz CT molecular complexity index is 464. The molecule has 0 atom stereocenters. The molecule has 1 N–H and O–H groups in total. The van der Waals surface area contributed by atoms with E-state index in [-0.39, 0.29) is 10.6 Å². The highest BCUT2D eigenvalue weighted by molar-refractivity contribution is 7.99. The summed E-state index contributed by atoms with van der Waals surface area (Å²) in [4.78, 5) is 10.7. The molecule has 20 heavy (non-hydrogen) atoms. The highest BCUT2D eigenvalue weighted by Gasteiger charge is 2.21. The number of nitro benzene ring substituents is 1. The number of hydrogen-bond donors (Lipinski definition) is 1.